The topological polar surface area (TPSA) is 40.6 Å². The molecule has 3 rings (SSSR count). The Morgan fingerprint density at radius 3 is 2.61 bits per heavy atom. The van der Waals surface area contributed by atoms with E-state index in [1.54, 1.807) is 0 Å². The minimum absolute atomic E-state index is 0.0725. The number of rotatable bonds is 2. The third kappa shape index (κ3) is 1.74. The lowest BCUT2D eigenvalue weighted by atomic mass is 10.0. The molecule has 2 saturated heterocycles. The molecule has 2 aliphatic heterocycles. The highest BCUT2D eigenvalue weighted by Crippen LogP contribution is 2.33. The van der Waals surface area contributed by atoms with Crippen LogP contribution in [0.1, 0.15) is 19.8 Å². The number of likely N-dealkylation sites (tertiary alicyclic amines) is 2. The average molecular weight is 248 g/mol. The van der Waals surface area contributed by atoms with Crippen molar-refractivity contribution in [2.75, 3.05) is 26.2 Å². The zero-order chi connectivity index (χ0) is 12.7. The molecule has 0 unspecified atom stereocenters. The Kier molecular flexibility index (Phi) is 2.88. The first kappa shape index (κ1) is 11.8. The summed E-state index contributed by atoms with van der Waals surface area (Å²) in [5.74, 6) is 1.09. The van der Waals surface area contributed by atoms with Crippen LogP contribution < -0.4 is 0 Å². The number of hydrogen-bond donors (Lipinski definition) is 0. The molecule has 0 N–H and O–H groups in total. The van der Waals surface area contributed by atoms with Crippen molar-refractivity contribution >= 4 is 11.8 Å². The molecule has 98 valence electrons. The van der Waals surface area contributed by atoms with E-state index in [4.69, 9.17) is 0 Å². The van der Waals surface area contributed by atoms with Crippen molar-refractivity contribution in [2.45, 2.75) is 19.8 Å². The van der Waals surface area contributed by atoms with E-state index >= 15 is 0 Å². The van der Waals surface area contributed by atoms with Gasteiger partial charge in [-0.15, -0.1) is 0 Å². The Balaban J connectivity index is 1.63. The van der Waals surface area contributed by atoms with Gasteiger partial charge in [-0.25, -0.2) is 0 Å². The molecule has 0 aromatic heterocycles. The van der Waals surface area contributed by atoms with Gasteiger partial charge in [-0.1, -0.05) is 12.2 Å². The van der Waals surface area contributed by atoms with Crippen LogP contribution in [0, 0.1) is 17.8 Å². The molecule has 0 aromatic rings. The zero-order valence-electron chi connectivity index (χ0n) is 10.8. The summed E-state index contributed by atoms with van der Waals surface area (Å²) in [7, 11) is 0. The van der Waals surface area contributed by atoms with Crippen LogP contribution in [0.3, 0.4) is 0 Å². The maximum Gasteiger partial charge on any atom is 0.227 e. The zero-order valence-corrected chi connectivity index (χ0v) is 10.8. The van der Waals surface area contributed by atoms with Gasteiger partial charge in [-0.3, -0.25) is 9.59 Å². The van der Waals surface area contributed by atoms with Crippen molar-refractivity contribution in [2.24, 2.45) is 17.8 Å². The lowest BCUT2D eigenvalue weighted by molar-refractivity contribution is -0.135. The standard InChI is InChI=1S/C14H20N2O2/c1-2-15-7-11-8-16(9-12(11)14(15)18)13(17)10-5-3-4-6-10/h3-4,10-12H,2,5-9H2,1H3/t11-,12+/m1/s1. The van der Waals surface area contributed by atoms with E-state index < -0.39 is 0 Å². The number of amides is 2. The summed E-state index contributed by atoms with van der Waals surface area (Å²) in [6.07, 6.45) is 5.92. The smallest absolute Gasteiger partial charge is 0.227 e. The van der Waals surface area contributed by atoms with Crippen molar-refractivity contribution < 1.29 is 9.59 Å². The summed E-state index contributed by atoms with van der Waals surface area (Å²) in [4.78, 5) is 28.2. The van der Waals surface area contributed by atoms with E-state index in [1.165, 1.54) is 0 Å². The largest absolute Gasteiger partial charge is 0.342 e. The summed E-state index contributed by atoms with van der Waals surface area (Å²) in [5.41, 5.74) is 0. The van der Waals surface area contributed by atoms with Gasteiger partial charge in [0.2, 0.25) is 11.8 Å². The highest BCUT2D eigenvalue weighted by molar-refractivity contribution is 5.85. The quantitative estimate of drug-likeness (QED) is 0.681. The van der Waals surface area contributed by atoms with Gasteiger partial charge in [-0.2, -0.15) is 0 Å². The molecule has 1 aliphatic carbocycles. The Morgan fingerprint density at radius 2 is 2.00 bits per heavy atom. The summed E-state index contributed by atoms with van der Waals surface area (Å²) < 4.78 is 0. The molecule has 2 atom stereocenters. The third-order valence-electron chi connectivity index (χ3n) is 4.58. The second kappa shape index (κ2) is 4.41. The lowest BCUT2D eigenvalue weighted by Crippen LogP contribution is -2.38. The van der Waals surface area contributed by atoms with Crippen LogP contribution in [-0.2, 0) is 9.59 Å². The lowest BCUT2D eigenvalue weighted by Gasteiger charge is -2.23. The van der Waals surface area contributed by atoms with Crippen molar-refractivity contribution in [3.05, 3.63) is 12.2 Å². The number of carbonyl (C=O) groups is 2. The van der Waals surface area contributed by atoms with E-state index in [-0.39, 0.29) is 23.7 Å². The molecule has 4 heteroatoms. The van der Waals surface area contributed by atoms with E-state index in [2.05, 4.69) is 12.2 Å². The van der Waals surface area contributed by atoms with Gasteiger partial charge in [0.1, 0.15) is 0 Å². The molecule has 3 aliphatic rings. The number of allylic oxidation sites excluding steroid dienone is 2. The second-order valence-electron chi connectivity index (χ2n) is 5.63. The van der Waals surface area contributed by atoms with Crippen molar-refractivity contribution in [3.63, 3.8) is 0 Å². The highest BCUT2D eigenvalue weighted by atomic mass is 16.2. The van der Waals surface area contributed by atoms with Crippen molar-refractivity contribution in [3.8, 4) is 0 Å². The average Bonchev–Trinajstić information content (AvgIpc) is 3.06. The van der Waals surface area contributed by atoms with Crippen molar-refractivity contribution in [1.29, 1.82) is 0 Å². The van der Waals surface area contributed by atoms with Crippen LogP contribution >= 0.6 is 0 Å². The molecule has 0 bridgehead atoms. The third-order valence-corrected chi connectivity index (χ3v) is 4.58. The number of fused-ring (bicyclic) bond motifs is 1. The minimum Gasteiger partial charge on any atom is -0.342 e. The predicted octanol–water partition coefficient (Wildman–Crippen LogP) is 0.889. The normalized spacial score (nSPS) is 31.5. The van der Waals surface area contributed by atoms with Crippen LogP contribution in [0.2, 0.25) is 0 Å². The van der Waals surface area contributed by atoms with Gasteiger partial charge in [0.25, 0.3) is 0 Å². The van der Waals surface area contributed by atoms with Gasteiger partial charge in [-0.05, 0) is 19.8 Å². The molecule has 0 saturated carbocycles. The highest BCUT2D eigenvalue weighted by Gasteiger charge is 2.47. The van der Waals surface area contributed by atoms with E-state index in [0.29, 0.717) is 12.5 Å². The van der Waals surface area contributed by atoms with Gasteiger partial charge in [0.15, 0.2) is 0 Å². The number of nitrogens with zero attached hydrogens (tertiary/aromatic N) is 2. The van der Waals surface area contributed by atoms with Gasteiger partial charge in [0.05, 0.1) is 5.92 Å². The molecule has 2 amide bonds. The number of carbonyl (C=O) groups excluding carboxylic acids is 2. The Hall–Kier alpha value is -1.32. The predicted molar refractivity (Wildman–Crippen MR) is 67.7 cm³/mol. The molecule has 0 aromatic carbocycles. The monoisotopic (exact) mass is 248 g/mol. The fourth-order valence-electron chi connectivity index (χ4n) is 3.49. The number of hydrogen-bond acceptors (Lipinski definition) is 2. The van der Waals surface area contributed by atoms with E-state index in [1.807, 2.05) is 16.7 Å². The molecule has 4 nitrogen and oxygen atoms in total. The fraction of sp³-hybridized carbons (Fsp3) is 0.714. The molecular weight excluding hydrogens is 228 g/mol. The molecule has 0 radical (unpaired) electrons. The van der Waals surface area contributed by atoms with Crippen LogP contribution in [0.4, 0.5) is 0 Å². The first-order valence-electron chi connectivity index (χ1n) is 6.93. The summed E-state index contributed by atoms with van der Waals surface area (Å²) in [6, 6.07) is 0. The molecule has 18 heavy (non-hydrogen) atoms. The first-order chi connectivity index (χ1) is 8.70. The molecular formula is C14H20N2O2. The maximum absolute atomic E-state index is 12.3. The first-order valence-corrected chi connectivity index (χ1v) is 6.93. The summed E-state index contributed by atoms with van der Waals surface area (Å²) in [5, 5.41) is 0. The fourth-order valence-corrected chi connectivity index (χ4v) is 3.49. The summed E-state index contributed by atoms with van der Waals surface area (Å²) in [6.45, 7) is 5.09. The van der Waals surface area contributed by atoms with Crippen LogP contribution in [0.5, 0.6) is 0 Å². The Morgan fingerprint density at radius 1 is 1.28 bits per heavy atom. The van der Waals surface area contributed by atoms with Gasteiger partial charge >= 0.3 is 0 Å². The van der Waals surface area contributed by atoms with Crippen molar-refractivity contribution in [1.82, 2.24) is 9.80 Å². The summed E-state index contributed by atoms with van der Waals surface area (Å²) >= 11 is 0. The van der Waals surface area contributed by atoms with Crippen LogP contribution in [0.25, 0.3) is 0 Å². The van der Waals surface area contributed by atoms with Crippen LogP contribution in [0.15, 0.2) is 12.2 Å². The van der Waals surface area contributed by atoms with E-state index in [0.717, 1.165) is 32.5 Å². The second-order valence-corrected chi connectivity index (χ2v) is 5.63. The molecule has 2 heterocycles. The Labute approximate surface area is 108 Å². The SMILES string of the molecule is CCN1C[C@@H]2CN(C(=O)C3CC=CC3)C[C@@H]2C1=O. The minimum atomic E-state index is 0.0725. The molecule has 0 spiro atoms. The molecule has 2 fully saturated rings. The van der Waals surface area contributed by atoms with Crippen LogP contribution in [-0.4, -0.2) is 47.8 Å². The maximum atomic E-state index is 12.3. The van der Waals surface area contributed by atoms with E-state index in [9.17, 15) is 9.59 Å². The van der Waals surface area contributed by atoms with Gasteiger partial charge < -0.3 is 9.80 Å². The van der Waals surface area contributed by atoms with Gasteiger partial charge in [0, 0.05) is 38.0 Å². The Bertz CT molecular complexity index is 397.